The summed E-state index contributed by atoms with van der Waals surface area (Å²) >= 11 is 0. The van der Waals surface area contributed by atoms with Crippen molar-refractivity contribution in [3.63, 3.8) is 0 Å². The highest BCUT2D eigenvalue weighted by atomic mass is 19.1. The zero-order chi connectivity index (χ0) is 19.5. The molecule has 2 N–H and O–H groups in total. The summed E-state index contributed by atoms with van der Waals surface area (Å²) in [6.07, 6.45) is 2.82. The Hall–Kier alpha value is -3.68. The maximum atomic E-state index is 13.8. The summed E-state index contributed by atoms with van der Waals surface area (Å²) < 4.78 is 37.8. The number of pyridine rings is 1. The van der Waals surface area contributed by atoms with Gasteiger partial charge in [0.05, 0.1) is 23.1 Å². The number of carbonyl (C=O) groups excluding carboxylic acids is 1. The molecule has 3 aromatic rings. The molecule has 0 bridgehead atoms. The van der Waals surface area contributed by atoms with Gasteiger partial charge < -0.3 is 20.1 Å². The van der Waals surface area contributed by atoms with Crippen LogP contribution >= 0.6 is 0 Å². The number of nitrogens with zero attached hydrogens (tertiary/aromatic N) is 1. The fraction of sp³-hybridized carbons (Fsp3) is 0.100. The third-order valence-electron chi connectivity index (χ3n) is 4.01. The number of halogens is 2. The Morgan fingerprint density at radius 1 is 0.929 bits per heavy atom. The largest absolute Gasteiger partial charge is 0.486 e. The smallest absolute Gasteiger partial charge is 0.257 e. The first-order valence-electron chi connectivity index (χ1n) is 8.46. The predicted molar refractivity (Wildman–Crippen MR) is 99.3 cm³/mol. The summed E-state index contributed by atoms with van der Waals surface area (Å²) in [6.45, 7) is 0.931. The molecule has 0 saturated heterocycles. The molecule has 0 saturated carbocycles. The average molecular weight is 383 g/mol. The number of anilines is 3. The van der Waals surface area contributed by atoms with Gasteiger partial charge in [0.2, 0.25) is 0 Å². The minimum absolute atomic E-state index is 0.0765. The molecule has 2 heterocycles. The Labute approximate surface area is 159 Å². The summed E-state index contributed by atoms with van der Waals surface area (Å²) in [5.41, 5.74) is 1.27. The number of hydrogen-bond acceptors (Lipinski definition) is 5. The van der Waals surface area contributed by atoms with E-state index in [1.54, 1.807) is 18.2 Å². The van der Waals surface area contributed by atoms with Crippen LogP contribution in [0.15, 0.2) is 54.9 Å². The molecule has 0 aliphatic carbocycles. The molecule has 0 fully saturated rings. The van der Waals surface area contributed by atoms with Gasteiger partial charge in [0, 0.05) is 24.0 Å². The molecular weight excluding hydrogens is 368 g/mol. The molecular formula is C20H15F2N3O3. The Kier molecular flexibility index (Phi) is 4.76. The number of hydrogen-bond donors (Lipinski definition) is 2. The normalized spacial score (nSPS) is 12.4. The highest BCUT2D eigenvalue weighted by Crippen LogP contribution is 2.32. The van der Waals surface area contributed by atoms with Crippen molar-refractivity contribution in [1.82, 2.24) is 4.98 Å². The number of aromatic nitrogens is 1. The van der Waals surface area contributed by atoms with Crippen LogP contribution in [0.25, 0.3) is 0 Å². The van der Waals surface area contributed by atoms with Gasteiger partial charge in [-0.1, -0.05) is 0 Å². The monoisotopic (exact) mass is 383 g/mol. The molecule has 0 radical (unpaired) electrons. The van der Waals surface area contributed by atoms with Crippen LogP contribution in [0.2, 0.25) is 0 Å². The van der Waals surface area contributed by atoms with Gasteiger partial charge >= 0.3 is 0 Å². The molecule has 1 aliphatic heterocycles. The van der Waals surface area contributed by atoms with Gasteiger partial charge in [0.15, 0.2) is 11.5 Å². The fourth-order valence-electron chi connectivity index (χ4n) is 2.70. The first-order valence-corrected chi connectivity index (χ1v) is 8.46. The van der Waals surface area contributed by atoms with Crippen molar-refractivity contribution in [1.29, 1.82) is 0 Å². The zero-order valence-electron chi connectivity index (χ0n) is 14.5. The molecule has 6 nitrogen and oxygen atoms in total. The lowest BCUT2D eigenvalue weighted by atomic mass is 10.2. The number of carbonyl (C=O) groups is 1. The van der Waals surface area contributed by atoms with Gasteiger partial charge in [-0.15, -0.1) is 0 Å². The molecule has 2 aromatic carbocycles. The third-order valence-corrected chi connectivity index (χ3v) is 4.01. The number of ether oxygens (including phenoxy) is 2. The number of fused-ring (bicyclic) bond motifs is 1. The Morgan fingerprint density at radius 2 is 1.75 bits per heavy atom. The second-order valence-electron chi connectivity index (χ2n) is 6.02. The molecule has 0 spiro atoms. The van der Waals surface area contributed by atoms with E-state index in [-0.39, 0.29) is 11.3 Å². The first kappa shape index (κ1) is 17.7. The van der Waals surface area contributed by atoms with Crippen molar-refractivity contribution in [3.8, 4) is 11.5 Å². The zero-order valence-corrected chi connectivity index (χ0v) is 14.5. The van der Waals surface area contributed by atoms with Gasteiger partial charge in [-0.2, -0.15) is 0 Å². The van der Waals surface area contributed by atoms with Crippen LogP contribution in [0.3, 0.4) is 0 Å². The molecule has 8 heteroatoms. The Morgan fingerprint density at radius 3 is 2.57 bits per heavy atom. The molecule has 142 valence electrons. The highest BCUT2D eigenvalue weighted by Gasteiger charge is 2.14. The van der Waals surface area contributed by atoms with E-state index in [1.807, 2.05) is 0 Å². The first-order chi connectivity index (χ1) is 13.6. The number of benzene rings is 2. The Bertz CT molecular complexity index is 1040. The van der Waals surface area contributed by atoms with Crippen LogP contribution in [0, 0.1) is 11.6 Å². The lowest BCUT2D eigenvalue weighted by molar-refractivity contribution is 0.102. The molecule has 0 atom stereocenters. The lowest BCUT2D eigenvalue weighted by Crippen LogP contribution is -2.16. The van der Waals surface area contributed by atoms with E-state index in [0.717, 1.165) is 12.1 Å². The highest BCUT2D eigenvalue weighted by molar-refractivity contribution is 6.04. The second kappa shape index (κ2) is 7.51. The summed E-state index contributed by atoms with van der Waals surface area (Å²) in [7, 11) is 0. The number of nitrogens with one attached hydrogen (secondary N) is 2. The van der Waals surface area contributed by atoms with Crippen molar-refractivity contribution >= 4 is 23.0 Å². The van der Waals surface area contributed by atoms with Gasteiger partial charge in [0.1, 0.15) is 24.8 Å². The van der Waals surface area contributed by atoms with Gasteiger partial charge in [0.25, 0.3) is 5.91 Å². The van der Waals surface area contributed by atoms with Gasteiger partial charge in [-0.3, -0.25) is 9.78 Å². The van der Waals surface area contributed by atoms with Crippen LogP contribution < -0.4 is 20.1 Å². The molecule has 0 unspecified atom stereocenters. The van der Waals surface area contributed by atoms with Crippen LogP contribution in [0.4, 0.5) is 25.8 Å². The lowest BCUT2D eigenvalue weighted by Gasteiger charge is -2.19. The predicted octanol–water partition coefficient (Wildman–Crippen LogP) is 4.13. The molecule has 1 amide bonds. The van der Waals surface area contributed by atoms with E-state index >= 15 is 0 Å². The van der Waals surface area contributed by atoms with E-state index in [4.69, 9.17) is 9.47 Å². The SMILES string of the molecule is O=C(Nc1ccc2c(c1)OCCO2)c1cncc(Nc2ccc(F)cc2F)c1. The van der Waals surface area contributed by atoms with E-state index in [9.17, 15) is 13.6 Å². The van der Waals surface area contributed by atoms with Crippen LogP contribution in [0.1, 0.15) is 10.4 Å². The van der Waals surface area contributed by atoms with Crippen molar-refractivity contribution in [2.45, 2.75) is 0 Å². The van der Waals surface area contributed by atoms with Crippen LogP contribution in [-0.2, 0) is 0 Å². The number of amides is 1. The van der Waals surface area contributed by atoms with Crippen LogP contribution in [-0.4, -0.2) is 24.1 Å². The molecule has 28 heavy (non-hydrogen) atoms. The summed E-state index contributed by atoms with van der Waals surface area (Å²) in [5.74, 6) is -0.630. The standard InChI is InChI=1S/C20H15F2N3O3/c21-13-1-3-17(16(22)8-13)24-15-7-12(10-23-11-15)20(26)25-14-2-4-18-19(9-14)28-6-5-27-18/h1-4,7-11,24H,5-6H2,(H,25,26). The van der Waals surface area contributed by atoms with Crippen molar-refractivity contribution in [3.05, 3.63) is 72.1 Å². The van der Waals surface area contributed by atoms with E-state index in [1.165, 1.54) is 24.5 Å². The van der Waals surface area contributed by atoms with Gasteiger partial charge in [-0.05, 0) is 30.3 Å². The minimum atomic E-state index is -0.744. The number of rotatable bonds is 4. The summed E-state index contributed by atoms with van der Waals surface area (Å²) in [4.78, 5) is 16.5. The summed E-state index contributed by atoms with van der Waals surface area (Å²) in [5, 5.41) is 5.53. The maximum Gasteiger partial charge on any atom is 0.257 e. The van der Waals surface area contributed by atoms with Gasteiger partial charge in [-0.25, -0.2) is 8.78 Å². The van der Waals surface area contributed by atoms with Crippen molar-refractivity contribution in [2.75, 3.05) is 23.8 Å². The van der Waals surface area contributed by atoms with Crippen LogP contribution in [0.5, 0.6) is 11.5 Å². The van der Waals surface area contributed by atoms with E-state index in [2.05, 4.69) is 15.6 Å². The fourth-order valence-corrected chi connectivity index (χ4v) is 2.70. The molecule has 1 aliphatic rings. The third kappa shape index (κ3) is 3.85. The maximum absolute atomic E-state index is 13.8. The minimum Gasteiger partial charge on any atom is -0.486 e. The summed E-state index contributed by atoms with van der Waals surface area (Å²) in [6, 6.07) is 9.80. The average Bonchev–Trinajstić information content (AvgIpc) is 2.70. The van der Waals surface area contributed by atoms with Crippen molar-refractivity contribution < 1.29 is 23.0 Å². The Balaban J connectivity index is 1.50. The molecule has 4 rings (SSSR count). The molecule has 1 aromatic heterocycles. The quantitative estimate of drug-likeness (QED) is 0.709. The van der Waals surface area contributed by atoms with E-state index < -0.39 is 17.5 Å². The van der Waals surface area contributed by atoms with Crippen molar-refractivity contribution in [2.24, 2.45) is 0 Å². The van der Waals surface area contributed by atoms with E-state index in [0.29, 0.717) is 36.1 Å². The second-order valence-corrected chi connectivity index (χ2v) is 6.02. The topological polar surface area (TPSA) is 72.5 Å².